The second kappa shape index (κ2) is 11.1. The van der Waals surface area contributed by atoms with Crippen molar-refractivity contribution in [1.29, 1.82) is 0 Å². The molecule has 0 unspecified atom stereocenters. The summed E-state index contributed by atoms with van der Waals surface area (Å²) < 4.78 is 6.92. The highest BCUT2D eigenvalue weighted by Gasteiger charge is 2.18. The van der Waals surface area contributed by atoms with Crippen LogP contribution in [0.4, 0.5) is 0 Å². The second-order valence-electron chi connectivity index (χ2n) is 6.66. The number of thiophene rings is 1. The Morgan fingerprint density at radius 1 is 1.27 bits per heavy atom. The zero-order chi connectivity index (χ0) is 22.1. The zero-order valence-electron chi connectivity index (χ0n) is 17.5. The summed E-state index contributed by atoms with van der Waals surface area (Å²) >= 11 is 1.31. The van der Waals surface area contributed by atoms with Gasteiger partial charge in [-0.3, -0.25) is 9.59 Å². The lowest BCUT2D eigenvalue weighted by Crippen LogP contribution is -2.29. The number of rotatable bonds is 7. The van der Waals surface area contributed by atoms with Crippen molar-refractivity contribution in [1.82, 2.24) is 20.0 Å². The molecule has 30 heavy (non-hydrogen) atoms. The lowest BCUT2D eigenvalue weighted by Gasteiger charge is -2.04. The first-order chi connectivity index (χ1) is 14.4. The number of fused-ring (bicyclic) bond motifs is 1. The molecule has 0 fully saturated rings. The maximum atomic E-state index is 12.2. The molecular formula is C21H26N4O4S. The van der Waals surface area contributed by atoms with Gasteiger partial charge in [0.1, 0.15) is 9.71 Å². The van der Waals surface area contributed by atoms with Gasteiger partial charge in [0.25, 0.3) is 5.91 Å². The van der Waals surface area contributed by atoms with Crippen molar-refractivity contribution in [3.63, 3.8) is 0 Å². The highest BCUT2D eigenvalue weighted by atomic mass is 32.1. The van der Waals surface area contributed by atoms with Crippen LogP contribution in [0, 0.1) is 6.92 Å². The van der Waals surface area contributed by atoms with Gasteiger partial charge in [-0.15, -0.1) is 11.3 Å². The van der Waals surface area contributed by atoms with Gasteiger partial charge >= 0.3 is 5.97 Å². The van der Waals surface area contributed by atoms with E-state index in [-0.39, 0.29) is 12.5 Å². The Kier molecular flexibility index (Phi) is 8.54. The maximum Gasteiger partial charge on any atom is 0.348 e. The Labute approximate surface area is 179 Å². The second-order valence-corrected chi connectivity index (χ2v) is 7.69. The van der Waals surface area contributed by atoms with E-state index in [1.807, 2.05) is 48.9 Å². The quantitative estimate of drug-likeness (QED) is 0.460. The van der Waals surface area contributed by atoms with Crippen molar-refractivity contribution in [3.05, 3.63) is 47.0 Å². The molecule has 0 aliphatic carbocycles. The van der Waals surface area contributed by atoms with Gasteiger partial charge in [0.05, 0.1) is 11.4 Å². The van der Waals surface area contributed by atoms with Crippen molar-refractivity contribution >= 4 is 39.8 Å². The number of nitrogens with one attached hydrogen (secondary N) is 1. The van der Waals surface area contributed by atoms with Gasteiger partial charge in [-0.25, -0.2) is 9.48 Å². The number of para-hydroxylation sites is 1. The molecule has 1 N–H and O–H groups in total. The minimum atomic E-state index is -0.494. The van der Waals surface area contributed by atoms with Crippen LogP contribution in [-0.4, -0.2) is 60.2 Å². The third kappa shape index (κ3) is 6.15. The first-order valence-corrected chi connectivity index (χ1v) is 10.3. The average Bonchev–Trinajstić information content (AvgIpc) is 3.32. The van der Waals surface area contributed by atoms with E-state index < -0.39 is 5.97 Å². The largest absolute Gasteiger partial charge is 0.451 e. The van der Waals surface area contributed by atoms with Gasteiger partial charge in [0.2, 0.25) is 6.41 Å². The van der Waals surface area contributed by atoms with Crippen LogP contribution in [0.15, 0.2) is 36.4 Å². The zero-order valence-corrected chi connectivity index (χ0v) is 18.4. The lowest BCUT2D eigenvalue weighted by molar-refractivity contribution is -0.124. The molecule has 0 spiro atoms. The van der Waals surface area contributed by atoms with Gasteiger partial charge in [0.15, 0.2) is 6.61 Å². The number of carbonyl (C=O) groups is 3. The highest BCUT2D eigenvalue weighted by Crippen LogP contribution is 2.30. The first kappa shape index (κ1) is 23.1. The third-order valence-corrected chi connectivity index (χ3v) is 4.95. The SMILES string of the molecule is CCCNC(=O)COC(=O)c1cc2c(C)nn(-c3ccccc3)c2s1.CN(C)C=O. The summed E-state index contributed by atoms with van der Waals surface area (Å²) in [5.41, 5.74) is 1.77. The van der Waals surface area contributed by atoms with Gasteiger partial charge in [-0.05, 0) is 31.5 Å². The molecule has 0 aliphatic heterocycles. The number of ether oxygens (including phenoxy) is 1. The Bertz CT molecular complexity index is 995. The van der Waals surface area contributed by atoms with Gasteiger partial charge in [-0.1, -0.05) is 25.1 Å². The first-order valence-electron chi connectivity index (χ1n) is 9.47. The molecule has 2 aromatic heterocycles. The predicted octanol–water partition coefficient (Wildman–Crippen LogP) is 2.78. The van der Waals surface area contributed by atoms with E-state index in [0.29, 0.717) is 11.4 Å². The summed E-state index contributed by atoms with van der Waals surface area (Å²) in [5, 5.41) is 8.13. The van der Waals surface area contributed by atoms with Crippen LogP contribution in [0.1, 0.15) is 28.7 Å². The molecule has 1 aromatic carbocycles. The fourth-order valence-electron chi connectivity index (χ4n) is 2.41. The van der Waals surface area contributed by atoms with Gasteiger partial charge < -0.3 is 15.0 Å². The van der Waals surface area contributed by atoms with Crippen molar-refractivity contribution in [3.8, 4) is 5.69 Å². The number of nitrogens with zero attached hydrogens (tertiary/aromatic N) is 3. The van der Waals surface area contributed by atoms with E-state index in [2.05, 4.69) is 10.4 Å². The molecule has 9 heteroatoms. The Balaban J connectivity index is 0.000000575. The minimum absolute atomic E-state index is 0.267. The molecule has 2 amide bonds. The van der Waals surface area contributed by atoms with Crippen LogP contribution < -0.4 is 5.32 Å². The fourth-order valence-corrected chi connectivity index (χ4v) is 3.49. The van der Waals surface area contributed by atoms with E-state index in [1.54, 1.807) is 20.2 Å². The van der Waals surface area contributed by atoms with E-state index in [0.717, 1.165) is 34.4 Å². The van der Waals surface area contributed by atoms with E-state index in [4.69, 9.17) is 4.74 Å². The van der Waals surface area contributed by atoms with Crippen molar-refractivity contribution in [2.45, 2.75) is 20.3 Å². The Morgan fingerprint density at radius 2 is 1.93 bits per heavy atom. The smallest absolute Gasteiger partial charge is 0.348 e. The Hall–Kier alpha value is -3.20. The molecule has 0 bridgehead atoms. The topological polar surface area (TPSA) is 93.5 Å². The Morgan fingerprint density at radius 3 is 2.53 bits per heavy atom. The molecule has 2 heterocycles. The molecule has 0 saturated heterocycles. The number of esters is 1. The number of benzene rings is 1. The molecule has 0 atom stereocenters. The van der Waals surface area contributed by atoms with Gasteiger partial charge in [0, 0.05) is 26.0 Å². The minimum Gasteiger partial charge on any atom is -0.451 e. The standard InChI is InChI=1S/C18H19N3O3S.C3H7NO/c1-3-9-19-16(22)11-24-18(23)15-10-14-12(2)20-21(17(14)25-15)13-7-5-4-6-8-13;1-4(2)3-5/h4-8,10H,3,9,11H2,1-2H3,(H,19,22);3H,1-2H3. The van der Waals surface area contributed by atoms with Crippen molar-refractivity contribution < 1.29 is 19.1 Å². The van der Waals surface area contributed by atoms with E-state index >= 15 is 0 Å². The summed E-state index contributed by atoms with van der Waals surface area (Å²) in [4.78, 5) is 36.0. The molecule has 3 aromatic rings. The summed E-state index contributed by atoms with van der Waals surface area (Å²) in [5.74, 6) is -0.783. The molecule has 3 rings (SSSR count). The van der Waals surface area contributed by atoms with E-state index in [1.165, 1.54) is 16.2 Å². The average molecular weight is 431 g/mol. The number of hydrogen-bond acceptors (Lipinski definition) is 6. The van der Waals surface area contributed by atoms with Gasteiger partial charge in [-0.2, -0.15) is 5.10 Å². The molecule has 8 nitrogen and oxygen atoms in total. The van der Waals surface area contributed by atoms with Crippen molar-refractivity contribution in [2.75, 3.05) is 27.2 Å². The predicted molar refractivity (Wildman–Crippen MR) is 117 cm³/mol. The van der Waals surface area contributed by atoms with Crippen LogP contribution in [0.5, 0.6) is 0 Å². The molecule has 0 saturated carbocycles. The summed E-state index contributed by atoms with van der Waals surface area (Å²) in [6.45, 7) is 4.17. The summed E-state index contributed by atoms with van der Waals surface area (Å²) in [6, 6.07) is 11.5. The summed E-state index contributed by atoms with van der Waals surface area (Å²) in [6.07, 6.45) is 1.59. The molecule has 160 valence electrons. The third-order valence-electron chi connectivity index (χ3n) is 3.86. The monoisotopic (exact) mass is 430 g/mol. The van der Waals surface area contributed by atoms with Crippen molar-refractivity contribution in [2.24, 2.45) is 0 Å². The van der Waals surface area contributed by atoms with Crippen LogP contribution in [-0.2, 0) is 14.3 Å². The van der Waals surface area contributed by atoms with Crippen LogP contribution >= 0.6 is 11.3 Å². The lowest BCUT2D eigenvalue weighted by atomic mass is 10.3. The normalized spacial score (nSPS) is 10.1. The number of aryl methyl sites for hydroxylation is 1. The van der Waals surface area contributed by atoms with Crippen LogP contribution in [0.25, 0.3) is 15.9 Å². The summed E-state index contributed by atoms with van der Waals surface area (Å²) in [7, 11) is 3.38. The fraction of sp³-hybridized carbons (Fsp3) is 0.333. The van der Waals surface area contributed by atoms with E-state index in [9.17, 15) is 14.4 Å². The molecule has 0 radical (unpaired) electrons. The van der Waals surface area contributed by atoms with Crippen LogP contribution in [0.3, 0.4) is 0 Å². The number of carbonyl (C=O) groups excluding carboxylic acids is 3. The number of aromatic nitrogens is 2. The molecule has 0 aliphatic rings. The highest BCUT2D eigenvalue weighted by molar-refractivity contribution is 7.20. The number of amides is 2. The maximum absolute atomic E-state index is 12.2. The number of hydrogen-bond donors (Lipinski definition) is 1. The van der Waals surface area contributed by atoms with Crippen LogP contribution in [0.2, 0.25) is 0 Å². The molecular weight excluding hydrogens is 404 g/mol.